The molecule has 0 bridgehead atoms. The van der Waals surface area contributed by atoms with Crippen molar-refractivity contribution in [3.05, 3.63) is 35.2 Å². The number of hydrogen-bond acceptors (Lipinski definition) is 5. The first kappa shape index (κ1) is 12.5. The average molecular weight is 265 g/mol. The summed E-state index contributed by atoms with van der Waals surface area (Å²) in [5, 5.41) is 0. The fourth-order valence-corrected chi connectivity index (χ4v) is 3.26. The van der Waals surface area contributed by atoms with E-state index in [0.717, 1.165) is 16.6 Å². The molecule has 2 aromatic rings. The van der Waals surface area contributed by atoms with Crippen LogP contribution in [-0.2, 0) is 13.0 Å². The number of nitrogens with two attached hydrogens (primary N) is 1. The quantitative estimate of drug-likeness (QED) is 0.923. The third-order valence-electron chi connectivity index (χ3n) is 2.40. The molecular formula is C12H15N3S2. The minimum Gasteiger partial charge on any atom is -0.326 e. The van der Waals surface area contributed by atoms with E-state index in [1.54, 1.807) is 11.8 Å². The molecule has 0 unspecified atom stereocenters. The molecule has 0 fully saturated rings. The molecule has 90 valence electrons. The Balaban J connectivity index is 2.23. The average Bonchev–Trinajstić information content (AvgIpc) is 2.79. The van der Waals surface area contributed by atoms with Gasteiger partial charge >= 0.3 is 0 Å². The number of rotatable bonds is 4. The van der Waals surface area contributed by atoms with Crippen LogP contribution in [0.15, 0.2) is 27.4 Å². The maximum atomic E-state index is 5.76. The first-order chi connectivity index (χ1) is 8.22. The summed E-state index contributed by atoms with van der Waals surface area (Å²) >= 11 is 3.10. The van der Waals surface area contributed by atoms with Gasteiger partial charge in [-0.15, -0.1) is 0 Å². The van der Waals surface area contributed by atoms with Gasteiger partial charge in [0.25, 0.3) is 0 Å². The van der Waals surface area contributed by atoms with E-state index in [9.17, 15) is 0 Å². The minimum atomic E-state index is 0.559. The van der Waals surface area contributed by atoms with E-state index in [1.165, 1.54) is 27.6 Å². The molecule has 3 nitrogen and oxygen atoms in total. The van der Waals surface area contributed by atoms with Crippen LogP contribution in [0, 0.1) is 6.92 Å². The molecule has 0 atom stereocenters. The molecule has 2 rings (SSSR count). The van der Waals surface area contributed by atoms with Gasteiger partial charge in [0, 0.05) is 17.9 Å². The van der Waals surface area contributed by atoms with Gasteiger partial charge in [-0.25, -0.2) is 4.98 Å². The van der Waals surface area contributed by atoms with Gasteiger partial charge in [-0.1, -0.05) is 36.4 Å². The number of aryl methyl sites for hydroxylation is 2. The molecule has 2 N–H and O–H groups in total. The molecule has 17 heavy (non-hydrogen) atoms. The highest BCUT2D eigenvalue weighted by Gasteiger charge is 2.08. The van der Waals surface area contributed by atoms with Gasteiger partial charge in [-0.2, -0.15) is 4.37 Å². The Bertz CT molecular complexity index is 508. The van der Waals surface area contributed by atoms with Crippen molar-refractivity contribution in [3.8, 4) is 0 Å². The Kier molecular flexibility index (Phi) is 4.15. The predicted octanol–water partition coefficient (Wildman–Crippen LogP) is 3.02. The van der Waals surface area contributed by atoms with E-state index in [1.807, 2.05) is 0 Å². The maximum Gasteiger partial charge on any atom is 0.174 e. The Hall–Kier alpha value is -0.910. The fraction of sp³-hybridized carbons (Fsp3) is 0.333. The molecule has 0 spiro atoms. The highest BCUT2D eigenvalue weighted by Crippen LogP contribution is 2.32. The topological polar surface area (TPSA) is 51.8 Å². The van der Waals surface area contributed by atoms with Crippen LogP contribution in [0.3, 0.4) is 0 Å². The van der Waals surface area contributed by atoms with Crippen molar-refractivity contribution in [2.45, 2.75) is 36.0 Å². The van der Waals surface area contributed by atoms with Crippen LogP contribution < -0.4 is 5.73 Å². The Labute approximate surface area is 110 Å². The normalized spacial score (nSPS) is 10.8. The second-order valence-electron chi connectivity index (χ2n) is 3.75. The van der Waals surface area contributed by atoms with Crippen LogP contribution in [0.25, 0.3) is 0 Å². The highest BCUT2D eigenvalue weighted by molar-refractivity contribution is 8.01. The molecule has 0 saturated heterocycles. The largest absolute Gasteiger partial charge is 0.326 e. The Morgan fingerprint density at radius 2 is 2.24 bits per heavy atom. The van der Waals surface area contributed by atoms with Crippen molar-refractivity contribution < 1.29 is 0 Å². The fourth-order valence-electron chi connectivity index (χ4n) is 1.48. The van der Waals surface area contributed by atoms with E-state index < -0.39 is 0 Å². The minimum absolute atomic E-state index is 0.559. The Morgan fingerprint density at radius 3 is 2.88 bits per heavy atom. The summed E-state index contributed by atoms with van der Waals surface area (Å²) in [7, 11) is 0. The first-order valence-corrected chi connectivity index (χ1v) is 7.12. The summed E-state index contributed by atoms with van der Waals surface area (Å²) in [5.41, 5.74) is 8.17. The molecule has 0 aliphatic carbocycles. The summed E-state index contributed by atoms with van der Waals surface area (Å²) in [6.07, 6.45) is 0.884. The summed E-state index contributed by atoms with van der Waals surface area (Å²) < 4.78 is 5.27. The van der Waals surface area contributed by atoms with Gasteiger partial charge in [0.15, 0.2) is 4.34 Å². The lowest BCUT2D eigenvalue weighted by molar-refractivity contribution is 0.970. The van der Waals surface area contributed by atoms with E-state index in [0.29, 0.717) is 6.54 Å². The third kappa shape index (κ3) is 3.06. The van der Waals surface area contributed by atoms with Crippen LogP contribution in [0.2, 0.25) is 0 Å². The number of benzene rings is 1. The molecule has 0 radical (unpaired) electrons. The van der Waals surface area contributed by atoms with Gasteiger partial charge in [-0.05, 0) is 30.1 Å². The number of hydrogen-bond donors (Lipinski definition) is 1. The molecule has 0 aliphatic heterocycles. The molecule has 0 amide bonds. The first-order valence-electron chi connectivity index (χ1n) is 5.53. The zero-order valence-corrected chi connectivity index (χ0v) is 11.6. The van der Waals surface area contributed by atoms with Gasteiger partial charge < -0.3 is 5.73 Å². The summed E-state index contributed by atoms with van der Waals surface area (Å²) in [4.78, 5) is 5.63. The number of aromatic nitrogens is 2. The lowest BCUT2D eigenvalue weighted by atomic mass is 10.1. The second-order valence-corrected chi connectivity index (χ2v) is 5.79. The molecule has 5 heteroatoms. The van der Waals surface area contributed by atoms with Crippen molar-refractivity contribution in [2.75, 3.05) is 0 Å². The van der Waals surface area contributed by atoms with Gasteiger partial charge in [0.1, 0.15) is 5.82 Å². The predicted molar refractivity (Wildman–Crippen MR) is 72.5 cm³/mol. The smallest absolute Gasteiger partial charge is 0.174 e. The second kappa shape index (κ2) is 5.62. The van der Waals surface area contributed by atoms with E-state index in [2.05, 4.69) is 41.4 Å². The van der Waals surface area contributed by atoms with Gasteiger partial charge in [0.2, 0.25) is 0 Å². The Morgan fingerprint density at radius 1 is 1.41 bits per heavy atom. The summed E-state index contributed by atoms with van der Waals surface area (Å²) in [5.74, 6) is 0.916. The molecule has 1 aromatic heterocycles. The van der Waals surface area contributed by atoms with Crippen LogP contribution in [0.5, 0.6) is 0 Å². The SMILES string of the molecule is CCc1nsc(Sc2ccc(C)cc2CN)n1. The van der Waals surface area contributed by atoms with Crippen LogP contribution in [0.1, 0.15) is 23.9 Å². The highest BCUT2D eigenvalue weighted by atomic mass is 32.2. The van der Waals surface area contributed by atoms with Crippen LogP contribution >= 0.6 is 23.3 Å². The standard InChI is InChI=1S/C12H15N3S2/c1-3-11-14-12(17-15-11)16-10-5-4-8(2)6-9(10)7-13/h4-6H,3,7,13H2,1-2H3. The lowest BCUT2D eigenvalue weighted by Crippen LogP contribution is -1.98. The van der Waals surface area contributed by atoms with Crippen molar-refractivity contribution in [1.82, 2.24) is 9.36 Å². The van der Waals surface area contributed by atoms with Gasteiger partial charge in [0.05, 0.1) is 0 Å². The van der Waals surface area contributed by atoms with Crippen molar-refractivity contribution >= 4 is 23.3 Å². The van der Waals surface area contributed by atoms with Crippen molar-refractivity contribution in [2.24, 2.45) is 5.73 Å². The van der Waals surface area contributed by atoms with Crippen molar-refractivity contribution in [1.29, 1.82) is 0 Å². The van der Waals surface area contributed by atoms with Crippen LogP contribution in [-0.4, -0.2) is 9.36 Å². The third-order valence-corrected chi connectivity index (χ3v) is 4.31. The zero-order chi connectivity index (χ0) is 12.3. The van der Waals surface area contributed by atoms with E-state index >= 15 is 0 Å². The molecular weight excluding hydrogens is 250 g/mol. The molecule has 0 saturated carbocycles. The van der Waals surface area contributed by atoms with Crippen LogP contribution in [0.4, 0.5) is 0 Å². The maximum absolute atomic E-state index is 5.76. The summed E-state index contributed by atoms with van der Waals surface area (Å²) in [6.45, 7) is 4.70. The zero-order valence-electron chi connectivity index (χ0n) is 9.93. The van der Waals surface area contributed by atoms with Crippen molar-refractivity contribution in [3.63, 3.8) is 0 Å². The van der Waals surface area contributed by atoms with E-state index in [4.69, 9.17) is 5.73 Å². The van der Waals surface area contributed by atoms with Gasteiger partial charge in [-0.3, -0.25) is 0 Å². The molecule has 1 aromatic carbocycles. The molecule has 1 heterocycles. The van der Waals surface area contributed by atoms with E-state index in [-0.39, 0.29) is 0 Å². The monoisotopic (exact) mass is 265 g/mol. The summed E-state index contributed by atoms with van der Waals surface area (Å²) in [6, 6.07) is 6.34. The lowest BCUT2D eigenvalue weighted by Gasteiger charge is -2.06. The molecule has 0 aliphatic rings. The number of nitrogens with zero attached hydrogens (tertiary/aromatic N) is 2.